The van der Waals surface area contributed by atoms with E-state index in [9.17, 15) is 9.18 Å². The maximum atomic E-state index is 15.2. The Labute approximate surface area is 208 Å². The summed E-state index contributed by atoms with van der Waals surface area (Å²) in [6.07, 6.45) is 7.48. The van der Waals surface area contributed by atoms with Crippen molar-refractivity contribution in [1.82, 2.24) is 4.90 Å². The SMILES string of the molecule is CN(C/C(F)=C(\C=C/N)Cc1cc(C=O)c(Nc2ccc(C3CC3)cc2F)c(F)c1F)C1(C)CCC1. The molecular formula is C28H31F4N3O. The Balaban J connectivity index is 1.61. The fraction of sp³-hybridized carbons (Fsp3) is 0.393. The Morgan fingerprint density at radius 2 is 1.92 bits per heavy atom. The van der Waals surface area contributed by atoms with E-state index in [4.69, 9.17) is 5.73 Å². The number of carbonyl (C=O) groups is 1. The topological polar surface area (TPSA) is 58.4 Å². The lowest BCUT2D eigenvalue weighted by atomic mass is 9.77. The third-order valence-electron chi connectivity index (χ3n) is 7.50. The highest BCUT2D eigenvalue weighted by Gasteiger charge is 2.36. The first-order chi connectivity index (χ1) is 17.2. The van der Waals surface area contributed by atoms with Gasteiger partial charge >= 0.3 is 0 Å². The minimum absolute atomic E-state index is 0.00339. The molecule has 192 valence electrons. The molecule has 2 aromatic carbocycles. The Morgan fingerprint density at radius 3 is 2.47 bits per heavy atom. The van der Waals surface area contributed by atoms with E-state index >= 15 is 13.2 Å². The van der Waals surface area contributed by atoms with Gasteiger partial charge in [0, 0.05) is 17.5 Å². The van der Waals surface area contributed by atoms with E-state index in [0.29, 0.717) is 12.2 Å². The number of nitrogens with two attached hydrogens (primary N) is 1. The molecule has 4 nitrogen and oxygen atoms in total. The molecule has 0 atom stereocenters. The zero-order valence-electron chi connectivity index (χ0n) is 20.5. The summed E-state index contributed by atoms with van der Waals surface area (Å²) in [6.45, 7) is 2.05. The molecule has 8 heteroatoms. The molecule has 0 radical (unpaired) electrons. The van der Waals surface area contributed by atoms with Crippen LogP contribution in [0, 0.1) is 17.5 Å². The quantitative estimate of drug-likeness (QED) is 0.217. The second-order valence-electron chi connectivity index (χ2n) is 10.1. The Bertz CT molecular complexity index is 1220. The van der Waals surface area contributed by atoms with Gasteiger partial charge in [-0.05, 0) is 99.2 Å². The van der Waals surface area contributed by atoms with E-state index in [1.54, 1.807) is 6.07 Å². The average Bonchev–Trinajstić information content (AvgIpc) is 3.68. The summed E-state index contributed by atoms with van der Waals surface area (Å²) < 4.78 is 60.0. The van der Waals surface area contributed by atoms with Crippen LogP contribution in [0.2, 0.25) is 0 Å². The van der Waals surface area contributed by atoms with E-state index in [2.05, 4.69) is 12.2 Å². The molecular weight excluding hydrogens is 470 g/mol. The zero-order chi connectivity index (χ0) is 26.0. The number of allylic oxidation sites excluding steroid dienone is 2. The van der Waals surface area contributed by atoms with Crippen LogP contribution in [0.1, 0.15) is 66.4 Å². The van der Waals surface area contributed by atoms with E-state index in [-0.39, 0.29) is 40.9 Å². The van der Waals surface area contributed by atoms with Crippen LogP contribution >= 0.6 is 0 Å². The number of nitrogens with zero attached hydrogens (tertiary/aromatic N) is 1. The highest BCUT2D eigenvalue weighted by molar-refractivity contribution is 5.87. The van der Waals surface area contributed by atoms with Gasteiger partial charge in [0.05, 0.1) is 17.9 Å². The molecule has 0 heterocycles. The zero-order valence-corrected chi connectivity index (χ0v) is 20.5. The largest absolute Gasteiger partial charge is 0.405 e. The molecule has 2 aliphatic rings. The van der Waals surface area contributed by atoms with Crippen LogP contribution in [-0.2, 0) is 6.42 Å². The second kappa shape index (κ2) is 10.5. The van der Waals surface area contributed by atoms with Crippen molar-refractivity contribution in [2.24, 2.45) is 5.73 Å². The van der Waals surface area contributed by atoms with Gasteiger partial charge in [0.25, 0.3) is 0 Å². The van der Waals surface area contributed by atoms with Gasteiger partial charge in [-0.1, -0.05) is 6.07 Å². The van der Waals surface area contributed by atoms with Crippen molar-refractivity contribution < 1.29 is 22.4 Å². The minimum atomic E-state index is -1.34. The highest BCUT2D eigenvalue weighted by atomic mass is 19.2. The van der Waals surface area contributed by atoms with Gasteiger partial charge in [0.15, 0.2) is 17.9 Å². The molecule has 2 aromatic rings. The minimum Gasteiger partial charge on any atom is -0.405 e. The summed E-state index contributed by atoms with van der Waals surface area (Å²) in [4.78, 5) is 13.7. The van der Waals surface area contributed by atoms with Crippen molar-refractivity contribution in [3.63, 3.8) is 0 Å². The maximum absolute atomic E-state index is 15.2. The summed E-state index contributed by atoms with van der Waals surface area (Å²) in [5.74, 6) is -3.39. The van der Waals surface area contributed by atoms with Gasteiger partial charge in [0.1, 0.15) is 11.6 Å². The van der Waals surface area contributed by atoms with Crippen molar-refractivity contribution in [2.75, 3.05) is 18.9 Å². The molecule has 0 spiro atoms. The van der Waals surface area contributed by atoms with Crippen LogP contribution < -0.4 is 11.1 Å². The summed E-state index contributed by atoms with van der Waals surface area (Å²) in [5, 5.41) is 2.52. The number of hydrogen-bond acceptors (Lipinski definition) is 4. The van der Waals surface area contributed by atoms with E-state index in [1.165, 1.54) is 18.2 Å². The van der Waals surface area contributed by atoms with Gasteiger partial charge in [-0.3, -0.25) is 9.69 Å². The van der Waals surface area contributed by atoms with Crippen LogP contribution in [0.5, 0.6) is 0 Å². The third kappa shape index (κ3) is 5.33. The number of carbonyl (C=O) groups excluding carboxylic acids is 1. The predicted molar refractivity (Wildman–Crippen MR) is 133 cm³/mol. The maximum Gasteiger partial charge on any atom is 0.183 e. The summed E-state index contributed by atoms with van der Waals surface area (Å²) >= 11 is 0. The Kier molecular flexibility index (Phi) is 7.54. The molecule has 36 heavy (non-hydrogen) atoms. The van der Waals surface area contributed by atoms with Crippen molar-refractivity contribution in [3.8, 4) is 0 Å². The molecule has 2 saturated carbocycles. The lowest BCUT2D eigenvalue weighted by Crippen LogP contribution is -2.49. The summed E-state index contributed by atoms with van der Waals surface area (Å²) in [5.41, 5.74) is 5.38. The monoisotopic (exact) mass is 501 g/mol. The Hall–Kier alpha value is -3.13. The van der Waals surface area contributed by atoms with Crippen LogP contribution in [0.25, 0.3) is 0 Å². The predicted octanol–water partition coefficient (Wildman–Crippen LogP) is 6.65. The van der Waals surface area contributed by atoms with E-state index in [0.717, 1.165) is 49.9 Å². The number of rotatable bonds is 10. The summed E-state index contributed by atoms with van der Waals surface area (Å²) in [7, 11) is 1.82. The van der Waals surface area contributed by atoms with Gasteiger partial charge in [-0.2, -0.15) is 0 Å². The number of nitrogens with one attached hydrogen (secondary N) is 1. The first-order valence-electron chi connectivity index (χ1n) is 12.2. The van der Waals surface area contributed by atoms with Crippen molar-refractivity contribution in [2.45, 2.75) is 56.9 Å². The number of anilines is 2. The molecule has 0 amide bonds. The average molecular weight is 502 g/mol. The lowest BCUT2D eigenvalue weighted by molar-refractivity contribution is 0.0598. The molecule has 4 rings (SSSR count). The molecule has 2 aliphatic carbocycles. The smallest absolute Gasteiger partial charge is 0.183 e. The number of halogens is 4. The molecule has 0 aliphatic heterocycles. The second-order valence-corrected chi connectivity index (χ2v) is 10.1. The molecule has 3 N–H and O–H groups in total. The molecule has 0 saturated heterocycles. The van der Waals surface area contributed by atoms with Crippen LogP contribution in [-0.4, -0.2) is 30.3 Å². The van der Waals surface area contributed by atoms with Gasteiger partial charge in [-0.15, -0.1) is 0 Å². The van der Waals surface area contributed by atoms with Crippen molar-refractivity contribution in [1.29, 1.82) is 0 Å². The normalized spacial score (nSPS) is 17.8. The number of benzene rings is 2. The number of aldehydes is 1. The van der Waals surface area contributed by atoms with E-state index < -0.39 is 29.0 Å². The summed E-state index contributed by atoms with van der Waals surface area (Å²) in [6, 6.07) is 5.69. The van der Waals surface area contributed by atoms with Gasteiger partial charge < -0.3 is 11.1 Å². The molecule has 0 bridgehead atoms. The molecule has 0 unspecified atom stereocenters. The first-order valence-corrected chi connectivity index (χ1v) is 12.2. The van der Waals surface area contributed by atoms with Gasteiger partial charge in [0.2, 0.25) is 0 Å². The highest BCUT2D eigenvalue weighted by Crippen LogP contribution is 2.41. The van der Waals surface area contributed by atoms with Crippen molar-refractivity contribution >= 4 is 17.7 Å². The van der Waals surface area contributed by atoms with E-state index in [1.807, 2.05) is 11.9 Å². The number of likely N-dealkylation sites (N-methyl/N-ethyl adjacent to an activating group) is 1. The van der Waals surface area contributed by atoms with Gasteiger partial charge in [-0.25, -0.2) is 17.6 Å². The third-order valence-corrected chi connectivity index (χ3v) is 7.50. The Morgan fingerprint density at radius 1 is 1.19 bits per heavy atom. The number of hydrogen-bond donors (Lipinski definition) is 2. The standard InChI is InChI=1S/C28H31F4N3O/c1-28(9-3-10-28)35(2)15-23(30)19(8-11-33)12-20-13-21(16-36)27(26(32)25(20)31)34-24-7-6-18(14-22(24)29)17-4-5-17/h6-8,11,13-14,16-17,34H,3-5,9-10,12,15,33H2,1-2H3/b11-8-,23-19-. The fourth-order valence-electron chi connectivity index (χ4n) is 4.62. The van der Waals surface area contributed by atoms with Crippen LogP contribution in [0.3, 0.4) is 0 Å². The van der Waals surface area contributed by atoms with Crippen molar-refractivity contribution in [3.05, 3.63) is 82.1 Å². The van der Waals surface area contributed by atoms with Crippen LogP contribution in [0.15, 0.2) is 47.9 Å². The first kappa shape index (κ1) is 25.9. The molecule has 2 fully saturated rings. The van der Waals surface area contributed by atoms with Crippen LogP contribution in [0.4, 0.5) is 28.9 Å². The molecule has 0 aromatic heterocycles. The lowest BCUT2D eigenvalue weighted by Gasteiger charge is -2.46. The fourth-order valence-corrected chi connectivity index (χ4v) is 4.62.